The largest absolute Gasteiger partial charge is 0.492 e. The first-order chi connectivity index (χ1) is 11.9. The Hall–Kier alpha value is -1.75. The summed E-state index contributed by atoms with van der Waals surface area (Å²) in [6, 6.07) is 11.1. The Balaban J connectivity index is 1.90. The molecule has 0 aliphatic heterocycles. The molecule has 25 heavy (non-hydrogen) atoms. The predicted octanol–water partition coefficient (Wildman–Crippen LogP) is 6.03. The summed E-state index contributed by atoms with van der Waals surface area (Å²) in [5.41, 5.74) is -0.155. The van der Waals surface area contributed by atoms with E-state index < -0.39 is 16.9 Å². The van der Waals surface area contributed by atoms with Gasteiger partial charge in [0.2, 0.25) is 0 Å². The van der Waals surface area contributed by atoms with Crippen LogP contribution < -0.4 is 4.74 Å². The zero-order chi connectivity index (χ0) is 17.9. The average molecular weight is 370 g/mol. The van der Waals surface area contributed by atoms with Gasteiger partial charge in [-0.05, 0) is 24.5 Å². The number of alkyl halides is 3. The molecular weight excluding hydrogens is 351 g/mol. The zero-order valence-corrected chi connectivity index (χ0v) is 14.4. The molecule has 1 heterocycles. The summed E-state index contributed by atoms with van der Waals surface area (Å²) in [7, 11) is 0. The number of ether oxygens (including phenoxy) is 1. The molecule has 0 unspecified atom stereocenters. The summed E-state index contributed by atoms with van der Waals surface area (Å²) < 4.78 is 45.6. The predicted molar refractivity (Wildman–Crippen MR) is 90.9 cm³/mol. The molecule has 0 saturated heterocycles. The molecule has 0 spiro atoms. The Morgan fingerprint density at radius 3 is 2.36 bits per heavy atom. The molecule has 1 saturated carbocycles. The summed E-state index contributed by atoms with van der Waals surface area (Å²) in [5, 5.41) is -0.581. The van der Waals surface area contributed by atoms with Crippen LogP contribution in [0.5, 0.6) is 5.75 Å². The lowest BCUT2D eigenvalue weighted by molar-refractivity contribution is -0.139. The zero-order valence-electron chi connectivity index (χ0n) is 13.7. The van der Waals surface area contributed by atoms with E-state index in [4.69, 9.17) is 16.3 Å². The summed E-state index contributed by atoms with van der Waals surface area (Å²) in [4.78, 5) is 3.54. The lowest BCUT2D eigenvalue weighted by atomic mass is 9.70. The second kappa shape index (κ2) is 7.24. The van der Waals surface area contributed by atoms with Gasteiger partial charge in [0, 0.05) is 11.6 Å². The average Bonchev–Trinajstić information content (AvgIpc) is 2.60. The van der Waals surface area contributed by atoms with Crippen LogP contribution in [0.3, 0.4) is 0 Å². The topological polar surface area (TPSA) is 22.1 Å². The highest BCUT2D eigenvalue weighted by atomic mass is 35.5. The number of hydrogen-bond acceptors (Lipinski definition) is 2. The Morgan fingerprint density at radius 1 is 1.04 bits per heavy atom. The Labute approximate surface area is 150 Å². The molecule has 1 fully saturated rings. The first-order valence-corrected chi connectivity index (χ1v) is 8.70. The van der Waals surface area contributed by atoms with Crippen LogP contribution in [0.2, 0.25) is 5.15 Å². The standard InChI is InChI=1S/C19H19ClF3NO/c20-17-16(19(21,22)23)15(9-12-24-17)25-13-18(10-5-2-6-11-18)14-7-3-1-4-8-14/h1,3-4,7-9,12H,2,5-6,10-11,13H2. The van der Waals surface area contributed by atoms with Gasteiger partial charge in [0.25, 0.3) is 0 Å². The second-order valence-corrected chi connectivity index (χ2v) is 6.83. The second-order valence-electron chi connectivity index (χ2n) is 6.47. The van der Waals surface area contributed by atoms with Crippen LogP contribution >= 0.6 is 11.6 Å². The van der Waals surface area contributed by atoms with Crippen LogP contribution in [0.4, 0.5) is 13.2 Å². The van der Waals surface area contributed by atoms with Gasteiger partial charge in [0.05, 0.1) is 6.61 Å². The molecule has 2 nitrogen and oxygen atoms in total. The van der Waals surface area contributed by atoms with Crippen molar-refractivity contribution in [2.75, 3.05) is 6.61 Å². The highest BCUT2D eigenvalue weighted by molar-refractivity contribution is 6.30. The molecule has 134 valence electrons. The third-order valence-electron chi connectivity index (χ3n) is 4.85. The van der Waals surface area contributed by atoms with E-state index in [9.17, 15) is 13.2 Å². The molecule has 1 aliphatic carbocycles. The van der Waals surface area contributed by atoms with Gasteiger partial charge in [0.15, 0.2) is 0 Å². The number of aromatic nitrogens is 1. The molecule has 0 amide bonds. The molecule has 0 radical (unpaired) electrons. The molecule has 1 aliphatic rings. The van der Waals surface area contributed by atoms with Crippen molar-refractivity contribution in [1.82, 2.24) is 4.98 Å². The van der Waals surface area contributed by atoms with Crippen LogP contribution in [-0.4, -0.2) is 11.6 Å². The van der Waals surface area contributed by atoms with E-state index in [1.165, 1.54) is 12.3 Å². The third kappa shape index (κ3) is 3.92. The van der Waals surface area contributed by atoms with Gasteiger partial charge in [-0.1, -0.05) is 61.2 Å². The van der Waals surface area contributed by atoms with E-state index in [0.717, 1.165) is 37.7 Å². The fourth-order valence-electron chi connectivity index (χ4n) is 3.55. The number of pyridine rings is 1. The summed E-state index contributed by atoms with van der Waals surface area (Å²) in [6.07, 6.45) is 1.66. The van der Waals surface area contributed by atoms with Crippen molar-refractivity contribution in [2.45, 2.75) is 43.7 Å². The molecule has 3 rings (SSSR count). The Bertz CT molecular complexity index is 712. The fourth-order valence-corrected chi connectivity index (χ4v) is 3.81. The van der Waals surface area contributed by atoms with E-state index in [0.29, 0.717) is 0 Å². The number of nitrogens with zero attached hydrogens (tertiary/aromatic N) is 1. The van der Waals surface area contributed by atoms with Crippen LogP contribution in [0.25, 0.3) is 0 Å². The smallest absolute Gasteiger partial charge is 0.422 e. The first-order valence-electron chi connectivity index (χ1n) is 8.32. The van der Waals surface area contributed by atoms with Crippen LogP contribution in [0.1, 0.15) is 43.2 Å². The maximum Gasteiger partial charge on any atom is 0.422 e. The monoisotopic (exact) mass is 369 g/mol. The Morgan fingerprint density at radius 2 is 1.72 bits per heavy atom. The molecule has 6 heteroatoms. The van der Waals surface area contributed by atoms with E-state index in [2.05, 4.69) is 4.98 Å². The molecule has 0 atom stereocenters. The van der Waals surface area contributed by atoms with E-state index >= 15 is 0 Å². The van der Waals surface area contributed by atoms with Crippen molar-refractivity contribution in [2.24, 2.45) is 0 Å². The molecule has 2 aromatic rings. The fraction of sp³-hybridized carbons (Fsp3) is 0.421. The van der Waals surface area contributed by atoms with Gasteiger partial charge < -0.3 is 4.74 Å². The summed E-state index contributed by atoms with van der Waals surface area (Å²) >= 11 is 5.68. The number of benzene rings is 1. The molecule has 0 bridgehead atoms. The van der Waals surface area contributed by atoms with Crippen LogP contribution in [0.15, 0.2) is 42.6 Å². The van der Waals surface area contributed by atoms with Crippen molar-refractivity contribution in [3.8, 4) is 5.75 Å². The van der Waals surface area contributed by atoms with Crippen LogP contribution in [-0.2, 0) is 11.6 Å². The van der Waals surface area contributed by atoms with E-state index in [1.54, 1.807) is 0 Å². The van der Waals surface area contributed by atoms with Gasteiger partial charge in [-0.2, -0.15) is 13.2 Å². The maximum atomic E-state index is 13.3. The lowest BCUT2D eigenvalue weighted by Crippen LogP contribution is -2.36. The minimum Gasteiger partial charge on any atom is -0.492 e. The number of halogens is 4. The van der Waals surface area contributed by atoms with E-state index in [-0.39, 0.29) is 17.8 Å². The lowest BCUT2D eigenvalue weighted by Gasteiger charge is -2.37. The third-order valence-corrected chi connectivity index (χ3v) is 5.14. The van der Waals surface area contributed by atoms with Gasteiger partial charge in [-0.25, -0.2) is 4.98 Å². The molecule has 1 aromatic heterocycles. The molecule has 0 N–H and O–H groups in total. The van der Waals surface area contributed by atoms with Crippen molar-refractivity contribution < 1.29 is 17.9 Å². The number of hydrogen-bond donors (Lipinski definition) is 0. The molecular formula is C19H19ClF3NO. The van der Waals surface area contributed by atoms with Gasteiger partial charge in [-0.3, -0.25) is 0 Å². The molecule has 1 aromatic carbocycles. The van der Waals surface area contributed by atoms with E-state index in [1.807, 2.05) is 30.3 Å². The SMILES string of the molecule is FC(F)(F)c1c(OCC2(c3ccccc3)CCCCC2)ccnc1Cl. The van der Waals surface area contributed by atoms with Crippen LogP contribution in [0, 0.1) is 0 Å². The minimum absolute atomic E-state index is 0.195. The van der Waals surface area contributed by atoms with Crippen molar-refractivity contribution >= 4 is 11.6 Å². The number of rotatable bonds is 4. The van der Waals surface area contributed by atoms with Gasteiger partial charge in [0.1, 0.15) is 16.5 Å². The highest BCUT2D eigenvalue weighted by Crippen LogP contribution is 2.43. The van der Waals surface area contributed by atoms with Crippen molar-refractivity contribution in [1.29, 1.82) is 0 Å². The maximum absolute atomic E-state index is 13.3. The quantitative estimate of drug-likeness (QED) is 0.613. The normalized spacial score (nSPS) is 17.3. The van der Waals surface area contributed by atoms with Crippen molar-refractivity contribution in [3.05, 3.63) is 58.9 Å². The van der Waals surface area contributed by atoms with Gasteiger partial charge >= 0.3 is 6.18 Å². The minimum atomic E-state index is -4.60. The first kappa shape index (κ1) is 18.1. The highest BCUT2D eigenvalue weighted by Gasteiger charge is 2.39. The van der Waals surface area contributed by atoms with Gasteiger partial charge in [-0.15, -0.1) is 0 Å². The summed E-state index contributed by atoms with van der Waals surface area (Å²) in [5.74, 6) is -0.256. The summed E-state index contributed by atoms with van der Waals surface area (Å²) in [6.45, 7) is 0.195. The Kier molecular flexibility index (Phi) is 5.23. The van der Waals surface area contributed by atoms with Crippen molar-refractivity contribution in [3.63, 3.8) is 0 Å².